The molecule has 2 heterocycles. The first-order valence-corrected chi connectivity index (χ1v) is 10.6. The number of carbonyl (C=O) groups excluding carboxylic acids is 1. The molecule has 31 heavy (non-hydrogen) atoms. The molecule has 1 amide bonds. The number of nitrogens with one attached hydrogen (secondary N) is 2. The van der Waals surface area contributed by atoms with Crippen molar-refractivity contribution in [3.63, 3.8) is 0 Å². The van der Waals surface area contributed by atoms with E-state index in [4.69, 9.17) is 4.98 Å². The summed E-state index contributed by atoms with van der Waals surface area (Å²) in [4.78, 5) is 21.2. The normalized spacial score (nSPS) is 11.1. The second-order valence-electron chi connectivity index (χ2n) is 7.66. The van der Waals surface area contributed by atoms with Gasteiger partial charge in [0.1, 0.15) is 5.69 Å². The lowest BCUT2D eigenvalue weighted by Gasteiger charge is -2.09. The Morgan fingerprint density at radius 1 is 0.839 bits per heavy atom. The van der Waals surface area contributed by atoms with Gasteiger partial charge < -0.3 is 10.3 Å². The van der Waals surface area contributed by atoms with E-state index in [2.05, 4.69) is 28.5 Å². The summed E-state index contributed by atoms with van der Waals surface area (Å²) in [5.41, 5.74) is 5.49. The van der Waals surface area contributed by atoms with E-state index in [1.165, 1.54) is 5.56 Å². The molecule has 4 nitrogen and oxygen atoms in total. The number of hydrogen-bond donors (Lipinski definition) is 2. The quantitative estimate of drug-likeness (QED) is 0.354. The van der Waals surface area contributed by atoms with Gasteiger partial charge in [0, 0.05) is 28.4 Å². The first kappa shape index (κ1) is 19.1. The number of aromatic nitrogens is 2. The molecular formula is C27H23N3O. The topological polar surface area (TPSA) is 57.8 Å². The van der Waals surface area contributed by atoms with Gasteiger partial charge in [-0.25, -0.2) is 4.98 Å². The fourth-order valence-electron chi connectivity index (χ4n) is 4.00. The van der Waals surface area contributed by atoms with Crippen molar-refractivity contribution in [2.45, 2.75) is 12.8 Å². The maximum absolute atomic E-state index is 13.0. The SMILES string of the molecule is O=C(NCCCc1ccccc1)c1cc2c([nH]c3ccccc32)c(-c2ccccc2)n1. The van der Waals surface area contributed by atoms with Crippen LogP contribution in [-0.4, -0.2) is 22.4 Å². The second-order valence-corrected chi connectivity index (χ2v) is 7.66. The van der Waals surface area contributed by atoms with Crippen LogP contribution in [0.1, 0.15) is 22.5 Å². The number of nitrogens with zero attached hydrogens (tertiary/aromatic N) is 1. The largest absolute Gasteiger partial charge is 0.353 e. The number of aryl methyl sites for hydroxylation is 1. The summed E-state index contributed by atoms with van der Waals surface area (Å²) in [6.45, 7) is 0.613. The van der Waals surface area contributed by atoms with Crippen molar-refractivity contribution in [2.24, 2.45) is 0 Å². The first-order valence-electron chi connectivity index (χ1n) is 10.6. The van der Waals surface area contributed by atoms with Crippen LogP contribution in [0.5, 0.6) is 0 Å². The lowest BCUT2D eigenvalue weighted by molar-refractivity contribution is 0.0948. The summed E-state index contributed by atoms with van der Waals surface area (Å²) in [5, 5.41) is 5.15. The van der Waals surface area contributed by atoms with E-state index in [9.17, 15) is 4.79 Å². The molecule has 0 bridgehead atoms. The highest BCUT2D eigenvalue weighted by Gasteiger charge is 2.16. The van der Waals surface area contributed by atoms with Crippen LogP contribution in [0, 0.1) is 0 Å². The van der Waals surface area contributed by atoms with Crippen molar-refractivity contribution in [3.05, 3.63) is 102 Å². The summed E-state index contributed by atoms with van der Waals surface area (Å²) < 4.78 is 0. The lowest BCUT2D eigenvalue weighted by Crippen LogP contribution is -2.25. The second kappa shape index (κ2) is 8.44. The molecule has 0 aliphatic carbocycles. The van der Waals surface area contributed by atoms with Crippen LogP contribution in [0.25, 0.3) is 33.1 Å². The van der Waals surface area contributed by atoms with Crippen LogP contribution in [0.4, 0.5) is 0 Å². The molecule has 0 aliphatic rings. The van der Waals surface area contributed by atoms with Gasteiger partial charge in [0.2, 0.25) is 0 Å². The highest BCUT2D eigenvalue weighted by molar-refractivity contribution is 6.13. The average molecular weight is 406 g/mol. The van der Waals surface area contributed by atoms with E-state index in [-0.39, 0.29) is 5.91 Å². The Kier molecular flexibility index (Phi) is 5.19. The monoisotopic (exact) mass is 405 g/mol. The molecule has 0 saturated carbocycles. The molecule has 2 aromatic heterocycles. The minimum Gasteiger partial charge on any atom is -0.353 e. The number of carbonyl (C=O) groups is 1. The number of H-pyrrole nitrogens is 1. The number of rotatable bonds is 6. The van der Waals surface area contributed by atoms with E-state index >= 15 is 0 Å². The van der Waals surface area contributed by atoms with Gasteiger partial charge in [-0.1, -0.05) is 78.9 Å². The molecule has 5 aromatic rings. The Morgan fingerprint density at radius 3 is 2.35 bits per heavy atom. The standard InChI is InChI=1S/C27H23N3O/c31-27(28-17-9-12-19-10-3-1-4-11-19)24-18-22-21-15-7-8-16-23(21)29-26(22)25(30-24)20-13-5-2-6-14-20/h1-8,10-11,13-16,18,29H,9,12,17H2,(H,28,31). The number of aromatic amines is 1. The third-order valence-corrected chi connectivity index (χ3v) is 5.55. The highest BCUT2D eigenvalue weighted by Crippen LogP contribution is 2.32. The van der Waals surface area contributed by atoms with E-state index in [1.807, 2.05) is 72.8 Å². The van der Waals surface area contributed by atoms with Crippen LogP contribution >= 0.6 is 0 Å². The van der Waals surface area contributed by atoms with Crippen molar-refractivity contribution in [2.75, 3.05) is 6.54 Å². The summed E-state index contributed by atoms with van der Waals surface area (Å²) in [7, 11) is 0. The van der Waals surface area contributed by atoms with E-state index < -0.39 is 0 Å². The molecule has 0 saturated heterocycles. The van der Waals surface area contributed by atoms with Gasteiger partial charge in [-0.2, -0.15) is 0 Å². The molecule has 152 valence electrons. The van der Waals surface area contributed by atoms with Crippen LogP contribution < -0.4 is 5.32 Å². The number of amides is 1. The zero-order valence-corrected chi connectivity index (χ0v) is 17.1. The van der Waals surface area contributed by atoms with Crippen molar-refractivity contribution in [3.8, 4) is 11.3 Å². The minimum atomic E-state index is -0.141. The summed E-state index contributed by atoms with van der Waals surface area (Å²) >= 11 is 0. The third kappa shape index (κ3) is 3.92. The minimum absolute atomic E-state index is 0.141. The lowest BCUT2D eigenvalue weighted by atomic mass is 10.1. The van der Waals surface area contributed by atoms with Gasteiger partial charge in [0.05, 0.1) is 11.2 Å². The van der Waals surface area contributed by atoms with Gasteiger partial charge in [0.25, 0.3) is 5.91 Å². The van der Waals surface area contributed by atoms with Crippen molar-refractivity contribution < 1.29 is 4.79 Å². The van der Waals surface area contributed by atoms with Gasteiger partial charge in [-0.15, -0.1) is 0 Å². The van der Waals surface area contributed by atoms with Crippen LogP contribution in [0.3, 0.4) is 0 Å². The molecule has 0 atom stereocenters. The van der Waals surface area contributed by atoms with Crippen molar-refractivity contribution >= 4 is 27.7 Å². The fourth-order valence-corrected chi connectivity index (χ4v) is 4.00. The Bertz CT molecular complexity index is 1340. The Hall–Kier alpha value is -3.92. The van der Waals surface area contributed by atoms with Crippen molar-refractivity contribution in [1.82, 2.24) is 15.3 Å². The molecule has 4 heteroatoms. The summed E-state index contributed by atoms with van der Waals surface area (Å²) in [6.07, 6.45) is 1.82. The van der Waals surface area contributed by atoms with Gasteiger partial charge in [-0.3, -0.25) is 4.79 Å². The molecule has 0 radical (unpaired) electrons. The zero-order valence-electron chi connectivity index (χ0n) is 17.1. The van der Waals surface area contributed by atoms with Gasteiger partial charge in [0.15, 0.2) is 0 Å². The number of benzene rings is 3. The van der Waals surface area contributed by atoms with Crippen molar-refractivity contribution in [1.29, 1.82) is 0 Å². The highest BCUT2D eigenvalue weighted by atomic mass is 16.1. The van der Waals surface area contributed by atoms with E-state index in [0.717, 1.165) is 45.9 Å². The first-order chi connectivity index (χ1) is 15.3. The van der Waals surface area contributed by atoms with Crippen LogP contribution in [-0.2, 0) is 6.42 Å². The number of pyridine rings is 1. The predicted molar refractivity (Wildman–Crippen MR) is 126 cm³/mol. The maximum Gasteiger partial charge on any atom is 0.269 e. The summed E-state index contributed by atoms with van der Waals surface area (Å²) in [5.74, 6) is -0.141. The average Bonchev–Trinajstić information content (AvgIpc) is 3.21. The number of para-hydroxylation sites is 1. The Labute approximate surface area is 181 Å². The number of fused-ring (bicyclic) bond motifs is 3. The predicted octanol–water partition coefficient (Wildman–Crippen LogP) is 5.75. The number of hydrogen-bond acceptors (Lipinski definition) is 2. The molecule has 3 aromatic carbocycles. The molecule has 2 N–H and O–H groups in total. The molecule has 0 fully saturated rings. The van der Waals surface area contributed by atoms with Gasteiger partial charge in [-0.05, 0) is 30.5 Å². The molecule has 0 aliphatic heterocycles. The molecule has 0 unspecified atom stereocenters. The van der Waals surface area contributed by atoms with E-state index in [0.29, 0.717) is 12.2 Å². The Morgan fingerprint density at radius 2 is 1.55 bits per heavy atom. The smallest absolute Gasteiger partial charge is 0.269 e. The fraction of sp³-hybridized carbons (Fsp3) is 0.111. The van der Waals surface area contributed by atoms with Gasteiger partial charge >= 0.3 is 0 Å². The summed E-state index contributed by atoms with van der Waals surface area (Å²) in [6, 6.07) is 30.4. The third-order valence-electron chi connectivity index (χ3n) is 5.55. The molecule has 0 spiro atoms. The zero-order chi connectivity index (χ0) is 21.0. The van der Waals surface area contributed by atoms with Crippen LogP contribution in [0.2, 0.25) is 0 Å². The Balaban J connectivity index is 1.45. The van der Waals surface area contributed by atoms with E-state index in [1.54, 1.807) is 0 Å². The van der Waals surface area contributed by atoms with Crippen LogP contribution in [0.15, 0.2) is 91.0 Å². The maximum atomic E-state index is 13.0. The molecular weight excluding hydrogens is 382 g/mol. The molecule has 5 rings (SSSR count).